The van der Waals surface area contributed by atoms with Crippen molar-refractivity contribution in [3.05, 3.63) is 65.0 Å². The maximum absolute atomic E-state index is 4.88. The van der Waals surface area contributed by atoms with Crippen LogP contribution in [0.25, 0.3) is 0 Å². The van der Waals surface area contributed by atoms with Crippen molar-refractivity contribution in [1.82, 2.24) is 10.3 Å². The molecule has 0 amide bonds. The van der Waals surface area contributed by atoms with Crippen LogP contribution in [0.15, 0.2) is 42.5 Å². The topological polar surface area (TPSA) is 24.9 Å². The third-order valence-electron chi connectivity index (χ3n) is 4.01. The van der Waals surface area contributed by atoms with Crippen molar-refractivity contribution in [3.8, 4) is 0 Å². The Morgan fingerprint density at radius 2 is 2.10 bits per heavy atom. The van der Waals surface area contributed by atoms with Gasteiger partial charge in [0.05, 0.1) is 0 Å². The summed E-state index contributed by atoms with van der Waals surface area (Å²) in [5.41, 5.74) is 5.09. The number of aromatic nitrogens is 1. The lowest BCUT2D eigenvalue weighted by Crippen LogP contribution is -2.28. The Bertz CT molecular complexity index is 571. The summed E-state index contributed by atoms with van der Waals surface area (Å²) in [5, 5.41) is 3.47. The third kappa shape index (κ3) is 3.26. The zero-order valence-corrected chi connectivity index (χ0v) is 12.1. The van der Waals surface area contributed by atoms with Crippen LogP contribution in [0.2, 0.25) is 0 Å². The van der Waals surface area contributed by atoms with Crippen LogP contribution in [-0.4, -0.2) is 18.1 Å². The molecular formula is C18H22N2. The van der Waals surface area contributed by atoms with Gasteiger partial charge >= 0.3 is 0 Å². The van der Waals surface area contributed by atoms with Gasteiger partial charge in [0, 0.05) is 30.3 Å². The van der Waals surface area contributed by atoms with Crippen molar-refractivity contribution in [3.63, 3.8) is 0 Å². The fourth-order valence-corrected chi connectivity index (χ4v) is 2.96. The van der Waals surface area contributed by atoms with Gasteiger partial charge in [-0.2, -0.15) is 0 Å². The Kier molecular flexibility index (Phi) is 4.12. The highest BCUT2D eigenvalue weighted by atomic mass is 14.9. The van der Waals surface area contributed by atoms with Crippen LogP contribution in [0.3, 0.4) is 0 Å². The Morgan fingerprint density at radius 1 is 1.20 bits per heavy atom. The van der Waals surface area contributed by atoms with E-state index in [0.29, 0.717) is 5.92 Å². The minimum absolute atomic E-state index is 0.584. The Labute approximate surface area is 121 Å². The largest absolute Gasteiger partial charge is 0.316 e. The smallest absolute Gasteiger partial charge is 0.0450 e. The molecule has 1 aliphatic rings. The van der Waals surface area contributed by atoms with Crippen molar-refractivity contribution in [1.29, 1.82) is 0 Å². The summed E-state index contributed by atoms with van der Waals surface area (Å²) in [7, 11) is 0. The molecule has 0 aliphatic carbocycles. The standard InChI is InChI=1S/C18H22N2/c1-14-5-2-6-15(11-14)12-17-8-3-9-18(20-17)16-7-4-10-19-13-16/h2-3,5-6,8-9,11,16,19H,4,7,10,12-13H2,1H3. The minimum atomic E-state index is 0.584. The lowest BCUT2D eigenvalue weighted by atomic mass is 9.95. The van der Waals surface area contributed by atoms with Gasteiger partial charge < -0.3 is 5.32 Å². The van der Waals surface area contributed by atoms with E-state index in [0.717, 1.165) is 19.5 Å². The SMILES string of the molecule is Cc1cccc(Cc2cccc(C3CCCNC3)n2)c1. The number of nitrogens with one attached hydrogen (secondary N) is 1. The van der Waals surface area contributed by atoms with Crippen LogP contribution in [0, 0.1) is 6.92 Å². The monoisotopic (exact) mass is 266 g/mol. The highest BCUT2D eigenvalue weighted by Crippen LogP contribution is 2.22. The van der Waals surface area contributed by atoms with E-state index in [-0.39, 0.29) is 0 Å². The van der Waals surface area contributed by atoms with E-state index in [1.807, 2.05) is 0 Å². The van der Waals surface area contributed by atoms with Crippen LogP contribution in [0.4, 0.5) is 0 Å². The van der Waals surface area contributed by atoms with E-state index < -0.39 is 0 Å². The molecule has 1 saturated heterocycles. The van der Waals surface area contributed by atoms with Gasteiger partial charge in [0.15, 0.2) is 0 Å². The summed E-state index contributed by atoms with van der Waals surface area (Å²) in [6.07, 6.45) is 3.44. The molecule has 0 radical (unpaired) electrons. The highest BCUT2D eigenvalue weighted by Gasteiger charge is 2.16. The van der Waals surface area contributed by atoms with Gasteiger partial charge in [-0.1, -0.05) is 35.9 Å². The lowest BCUT2D eigenvalue weighted by Gasteiger charge is -2.22. The molecule has 2 heterocycles. The molecule has 2 aromatic rings. The van der Waals surface area contributed by atoms with Gasteiger partial charge in [0.25, 0.3) is 0 Å². The second-order valence-corrected chi connectivity index (χ2v) is 5.76. The van der Waals surface area contributed by atoms with Crippen LogP contribution >= 0.6 is 0 Å². The maximum Gasteiger partial charge on any atom is 0.0450 e. The minimum Gasteiger partial charge on any atom is -0.316 e. The fraction of sp³-hybridized carbons (Fsp3) is 0.389. The molecule has 1 unspecified atom stereocenters. The first-order valence-electron chi connectivity index (χ1n) is 7.53. The molecule has 20 heavy (non-hydrogen) atoms. The fourth-order valence-electron chi connectivity index (χ4n) is 2.96. The predicted molar refractivity (Wildman–Crippen MR) is 83.1 cm³/mol. The van der Waals surface area contributed by atoms with Crippen LogP contribution < -0.4 is 5.32 Å². The zero-order valence-electron chi connectivity index (χ0n) is 12.1. The van der Waals surface area contributed by atoms with Crippen molar-refractivity contribution < 1.29 is 0 Å². The molecule has 104 valence electrons. The summed E-state index contributed by atoms with van der Waals surface area (Å²) in [4.78, 5) is 4.88. The van der Waals surface area contributed by atoms with Gasteiger partial charge in [-0.3, -0.25) is 4.98 Å². The van der Waals surface area contributed by atoms with Gasteiger partial charge in [-0.05, 0) is 44.0 Å². The highest BCUT2D eigenvalue weighted by molar-refractivity contribution is 5.27. The molecule has 2 nitrogen and oxygen atoms in total. The number of aryl methyl sites for hydroxylation is 1. The lowest BCUT2D eigenvalue weighted by molar-refractivity contribution is 0.454. The molecule has 1 N–H and O–H groups in total. The normalized spacial score (nSPS) is 18.9. The molecule has 3 rings (SSSR count). The summed E-state index contributed by atoms with van der Waals surface area (Å²) in [6.45, 7) is 4.36. The average molecular weight is 266 g/mol. The van der Waals surface area contributed by atoms with Crippen molar-refractivity contribution in [2.24, 2.45) is 0 Å². The Hall–Kier alpha value is -1.67. The van der Waals surface area contributed by atoms with E-state index in [1.54, 1.807) is 0 Å². The van der Waals surface area contributed by atoms with E-state index in [2.05, 4.69) is 54.7 Å². The molecule has 1 atom stereocenters. The summed E-state index contributed by atoms with van der Waals surface area (Å²) < 4.78 is 0. The molecule has 2 heteroatoms. The first-order valence-corrected chi connectivity index (χ1v) is 7.53. The van der Waals surface area contributed by atoms with E-state index in [9.17, 15) is 0 Å². The van der Waals surface area contributed by atoms with Gasteiger partial charge in [0.2, 0.25) is 0 Å². The predicted octanol–water partition coefficient (Wildman–Crippen LogP) is 3.45. The number of hydrogen-bond donors (Lipinski definition) is 1. The van der Waals surface area contributed by atoms with Crippen molar-refractivity contribution in [2.75, 3.05) is 13.1 Å². The maximum atomic E-state index is 4.88. The summed E-state index contributed by atoms with van der Waals surface area (Å²) in [6, 6.07) is 15.2. The van der Waals surface area contributed by atoms with Gasteiger partial charge in [0.1, 0.15) is 0 Å². The molecule has 0 spiro atoms. The van der Waals surface area contributed by atoms with Crippen LogP contribution in [-0.2, 0) is 6.42 Å². The Balaban J connectivity index is 1.77. The van der Waals surface area contributed by atoms with Crippen LogP contribution in [0.1, 0.15) is 41.3 Å². The molecule has 0 bridgehead atoms. The Morgan fingerprint density at radius 3 is 2.90 bits per heavy atom. The van der Waals surface area contributed by atoms with Crippen molar-refractivity contribution >= 4 is 0 Å². The molecule has 1 fully saturated rings. The van der Waals surface area contributed by atoms with E-state index in [4.69, 9.17) is 4.98 Å². The molecule has 1 aromatic carbocycles. The van der Waals surface area contributed by atoms with Gasteiger partial charge in [-0.15, -0.1) is 0 Å². The first kappa shape index (κ1) is 13.3. The molecular weight excluding hydrogens is 244 g/mol. The number of pyridine rings is 1. The number of benzene rings is 1. The second kappa shape index (κ2) is 6.19. The third-order valence-corrected chi connectivity index (χ3v) is 4.01. The van der Waals surface area contributed by atoms with Gasteiger partial charge in [-0.25, -0.2) is 0 Å². The van der Waals surface area contributed by atoms with E-state index >= 15 is 0 Å². The zero-order chi connectivity index (χ0) is 13.8. The molecule has 1 aromatic heterocycles. The summed E-state index contributed by atoms with van der Waals surface area (Å²) >= 11 is 0. The first-order chi connectivity index (χ1) is 9.81. The van der Waals surface area contributed by atoms with Crippen molar-refractivity contribution in [2.45, 2.75) is 32.1 Å². The summed E-state index contributed by atoms with van der Waals surface area (Å²) in [5.74, 6) is 0.584. The molecule has 0 saturated carbocycles. The number of hydrogen-bond acceptors (Lipinski definition) is 2. The number of rotatable bonds is 3. The quantitative estimate of drug-likeness (QED) is 0.920. The molecule has 1 aliphatic heterocycles. The number of piperidine rings is 1. The second-order valence-electron chi connectivity index (χ2n) is 5.76. The number of nitrogens with zero attached hydrogens (tertiary/aromatic N) is 1. The van der Waals surface area contributed by atoms with E-state index in [1.165, 1.54) is 35.4 Å². The van der Waals surface area contributed by atoms with Crippen LogP contribution in [0.5, 0.6) is 0 Å². The average Bonchev–Trinajstić information content (AvgIpc) is 2.48.